The molecule has 122 valence electrons. The Kier molecular flexibility index (Phi) is 4.40. The maximum Gasteiger partial charge on any atom is 0.409 e. The summed E-state index contributed by atoms with van der Waals surface area (Å²) in [6.45, 7) is 6.68. The van der Waals surface area contributed by atoms with E-state index in [1.807, 2.05) is 19.1 Å². The van der Waals surface area contributed by atoms with Crippen molar-refractivity contribution in [2.75, 3.05) is 37.7 Å². The predicted octanol–water partition coefficient (Wildman–Crippen LogP) is 1.72. The number of carbonyl (C=O) groups excluding carboxylic acids is 1. The molecule has 0 aliphatic carbocycles. The number of ether oxygens (including phenoxy) is 1. The number of hydrogen-bond acceptors (Lipinski definition) is 7. The van der Waals surface area contributed by atoms with Gasteiger partial charge in [-0.1, -0.05) is 5.16 Å². The smallest absolute Gasteiger partial charge is 0.409 e. The summed E-state index contributed by atoms with van der Waals surface area (Å²) in [5, 5.41) is 3.88. The molecule has 0 radical (unpaired) electrons. The zero-order valence-electron chi connectivity index (χ0n) is 13.2. The Morgan fingerprint density at radius 1 is 1.30 bits per heavy atom. The van der Waals surface area contributed by atoms with Crippen molar-refractivity contribution in [1.29, 1.82) is 0 Å². The molecule has 1 aliphatic heterocycles. The number of hydrogen-bond donors (Lipinski definition) is 0. The molecule has 23 heavy (non-hydrogen) atoms. The van der Waals surface area contributed by atoms with Gasteiger partial charge in [-0.15, -0.1) is 0 Å². The standard InChI is InChI=1S/C15H19N5O3/c1-3-22-15(21)20-8-6-19(7-9-20)13-5-4-12(10-16-13)14-17-11(2)23-18-14/h4-5,10H,3,6-9H2,1-2H3. The van der Waals surface area contributed by atoms with Gasteiger partial charge in [0.25, 0.3) is 0 Å². The molecule has 1 amide bonds. The predicted molar refractivity (Wildman–Crippen MR) is 83.1 cm³/mol. The Hall–Kier alpha value is -2.64. The lowest BCUT2D eigenvalue weighted by atomic mass is 10.2. The van der Waals surface area contributed by atoms with Crippen LogP contribution in [0.2, 0.25) is 0 Å². The molecule has 0 bridgehead atoms. The van der Waals surface area contributed by atoms with Gasteiger partial charge in [-0.25, -0.2) is 9.78 Å². The first-order valence-electron chi connectivity index (χ1n) is 7.60. The molecule has 0 aromatic carbocycles. The number of nitrogens with zero attached hydrogens (tertiary/aromatic N) is 5. The number of pyridine rings is 1. The number of amides is 1. The molecule has 2 aromatic rings. The van der Waals surface area contributed by atoms with E-state index in [2.05, 4.69) is 20.0 Å². The minimum atomic E-state index is -0.247. The summed E-state index contributed by atoms with van der Waals surface area (Å²) in [5.74, 6) is 1.94. The molecule has 8 heteroatoms. The fourth-order valence-electron chi connectivity index (χ4n) is 2.45. The van der Waals surface area contributed by atoms with Gasteiger partial charge in [0.05, 0.1) is 6.61 Å². The first-order valence-corrected chi connectivity index (χ1v) is 7.60. The van der Waals surface area contributed by atoms with Crippen LogP contribution in [0.3, 0.4) is 0 Å². The number of aryl methyl sites for hydroxylation is 1. The molecule has 8 nitrogen and oxygen atoms in total. The topological polar surface area (TPSA) is 84.6 Å². The van der Waals surface area contributed by atoms with Gasteiger partial charge in [0.15, 0.2) is 0 Å². The van der Waals surface area contributed by atoms with E-state index in [0.717, 1.165) is 24.5 Å². The average Bonchev–Trinajstić information content (AvgIpc) is 3.02. The van der Waals surface area contributed by atoms with Crippen molar-refractivity contribution >= 4 is 11.9 Å². The molecule has 3 heterocycles. The Bertz CT molecular complexity index is 662. The van der Waals surface area contributed by atoms with Crippen LogP contribution in [-0.2, 0) is 4.74 Å². The molecular weight excluding hydrogens is 298 g/mol. The second kappa shape index (κ2) is 6.64. The van der Waals surface area contributed by atoms with Crippen LogP contribution in [-0.4, -0.2) is 58.9 Å². The Morgan fingerprint density at radius 3 is 2.65 bits per heavy atom. The van der Waals surface area contributed by atoms with Crippen molar-refractivity contribution in [3.05, 3.63) is 24.2 Å². The molecular formula is C15H19N5O3. The van der Waals surface area contributed by atoms with Crippen LogP contribution in [0.5, 0.6) is 0 Å². The van der Waals surface area contributed by atoms with E-state index in [1.54, 1.807) is 18.0 Å². The second-order valence-electron chi connectivity index (χ2n) is 5.22. The number of rotatable bonds is 3. The number of aromatic nitrogens is 3. The molecule has 0 spiro atoms. The quantitative estimate of drug-likeness (QED) is 0.852. The molecule has 2 aromatic heterocycles. The summed E-state index contributed by atoms with van der Waals surface area (Å²) in [6.07, 6.45) is 1.49. The first kappa shape index (κ1) is 15.3. The summed E-state index contributed by atoms with van der Waals surface area (Å²) in [7, 11) is 0. The molecule has 1 fully saturated rings. The van der Waals surface area contributed by atoms with Crippen molar-refractivity contribution in [3.8, 4) is 11.4 Å². The molecule has 1 saturated heterocycles. The molecule has 1 aliphatic rings. The van der Waals surface area contributed by atoms with Crippen molar-refractivity contribution in [1.82, 2.24) is 20.0 Å². The van der Waals surface area contributed by atoms with E-state index in [4.69, 9.17) is 9.26 Å². The van der Waals surface area contributed by atoms with Crippen LogP contribution in [0.1, 0.15) is 12.8 Å². The molecule has 0 atom stereocenters. The summed E-state index contributed by atoms with van der Waals surface area (Å²) in [4.78, 5) is 24.2. The number of piperazine rings is 1. The highest BCUT2D eigenvalue weighted by molar-refractivity contribution is 5.68. The lowest BCUT2D eigenvalue weighted by molar-refractivity contribution is 0.105. The summed E-state index contributed by atoms with van der Waals surface area (Å²) in [6, 6.07) is 3.85. The average molecular weight is 317 g/mol. The summed E-state index contributed by atoms with van der Waals surface area (Å²) >= 11 is 0. The third kappa shape index (κ3) is 3.41. The fourth-order valence-corrected chi connectivity index (χ4v) is 2.45. The van der Waals surface area contributed by atoms with E-state index in [-0.39, 0.29) is 6.09 Å². The lowest BCUT2D eigenvalue weighted by Crippen LogP contribution is -2.49. The van der Waals surface area contributed by atoms with Crippen molar-refractivity contribution in [2.45, 2.75) is 13.8 Å². The SMILES string of the molecule is CCOC(=O)N1CCN(c2ccc(-c3noc(C)n3)cn2)CC1. The highest BCUT2D eigenvalue weighted by Crippen LogP contribution is 2.19. The van der Waals surface area contributed by atoms with Gasteiger partial charge in [0.1, 0.15) is 5.82 Å². The highest BCUT2D eigenvalue weighted by Gasteiger charge is 2.22. The second-order valence-corrected chi connectivity index (χ2v) is 5.22. The van der Waals surface area contributed by atoms with Gasteiger partial charge >= 0.3 is 6.09 Å². The van der Waals surface area contributed by atoms with Gasteiger partial charge in [-0.05, 0) is 19.1 Å². The van der Waals surface area contributed by atoms with Crippen LogP contribution >= 0.6 is 0 Å². The van der Waals surface area contributed by atoms with E-state index in [1.165, 1.54) is 0 Å². The minimum Gasteiger partial charge on any atom is -0.450 e. The maximum atomic E-state index is 11.7. The van der Waals surface area contributed by atoms with Crippen molar-refractivity contribution < 1.29 is 14.1 Å². The highest BCUT2D eigenvalue weighted by atomic mass is 16.6. The first-order chi connectivity index (χ1) is 11.2. The van der Waals surface area contributed by atoms with Crippen LogP contribution in [0.15, 0.2) is 22.9 Å². The normalized spacial score (nSPS) is 14.9. The van der Waals surface area contributed by atoms with Gasteiger partial charge in [0, 0.05) is 44.9 Å². The molecule has 0 N–H and O–H groups in total. The zero-order chi connectivity index (χ0) is 16.2. The zero-order valence-corrected chi connectivity index (χ0v) is 13.2. The summed E-state index contributed by atoms with van der Waals surface area (Å²) in [5.41, 5.74) is 0.816. The van der Waals surface area contributed by atoms with Gasteiger partial charge in [-0.3, -0.25) is 0 Å². The monoisotopic (exact) mass is 317 g/mol. The van der Waals surface area contributed by atoms with E-state index >= 15 is 0 Å². The van der Waals surface area contributed by atoms with Gasteiger partial charge in [-0.2, -0.15) is 4.98 Å². The van der Waals surface area contributed by atoms with Crippen molar-refractivity contribution in [3.63, 3.8) is 0 Å². The molecule has 3 rings (SSSR count). The van der Waals surface area contributed by atoms with Gasteiger partial charge < -0.3 is 19.1 Å². The minimum absolute atomic E-state index is 0.247. The number of carbonyl (C=O) groups is 1. The van der Waals surface area contributed by atoms with Crippen LogP contribution in [0.4, 0.5) is 10.6 Å². The van der Waals surface area contributed by atoms with E-state index < -0.39 is 0 Å². The maximum absolute atomic E-state index is 11.7. The molecule has 0 saturated carbocycles. The third-order valence-electron chi connectivity index (χ3n) is 3.66. The third-order valence-corrected chi connectivity index (χ3v) is 3.66. The largest absolute Gasteiger partial charge is 0.450 e. The van der Waals surface area contributed by atoms with Gasteiger partial charge in [0.2, 0.25) is 11.7 Å². The van der Waals surface area contributed by atoms with Crippen LogP contribution < -0.4 is 4.90 Å². The van der Waals surface area contributed by atoms with Crippen LogP contribution in [0, 0.1) is 6.92 Å². The fraction of sp³-hybridized carbons (Fsp3) is 0.467. The van der Waals surface area contributed by atoms with Crippen LogP contribution in [0.25, 0.3) is 11.4 Å². The Balaban J connectivity index is 1.62. The molecule has 0 unspecified atom stereocenters. The summed E-state index contributed by atoms with van der Waals surface area (Å²) < 4.78 is 9.99. The van der Waals surface area contributed by atoms with E-state index in [9.17, 15) is 4.79 Å². The number of anilines is 1. The Labute approximate surface area is 134 Å². The van der Waals surface area contributed by atoms with E-state index in [0.29, 0.717) is 31.4 Å². The lowest BCUT2D eigenvalue weighted by Gasteiger charge is -2.34. The Morgan fingerprint density at radius 2 is 2.09 bits per heavy atom. The van der Waals surface area contributed by atoms with Crippen molar-refractivity contribution in [2.24, 2.45) is 0 Å².